The van der Waals surface area contributed by atoms with E-state index in [-0.39, 0.29) is 30.5 Å². The largest absolute Gasteiger partial charge is 0.483 e. The molecule has 0 aliphatic carbocycles. The first-order valence-electron chi connectivity index (χ1n) is 8.91. The Labute approximate surface area is 160 Å². The molecule has 1 aliphatic rings. The highest BCUT2D eigenvalue weighted by Gasteiger charge is 2.30. The van der Waals surface area contributed by atoms with Crippen LogP contribution in [0.2, 0.25) is 0 Å². The molecule has 0 aromatic heterocycles. The second-order valence-electron chi connectivity index (χ2n) is 6.66. The van der Waals surface area contributed by atoms with Gasteiger partial charge >= 0.3 is 0 Å². The Bertz CT molecular complexity index is 905. The predicted octanol–water partition coefficient (Wildman–Crippen LogP) is 2.22. The first-order valence-corrected chi connectivity index (χ1v) is 10.3. The van der Waals surface area contributed by atoms with Gasteiger partial charge in [-0.25, -0.2) is 8.42 Å². The molecule has 3 rings (SSSR count). The minimum Gasteiger partial charge on any atom is -0.483 e. The van der Waals surface area contributed by atoms with Gasteiger partial charge in [0.1, 0.15) is 5.75 Å². The summed E-state index contributed by atoms with van der Waals surface area (Å²) >= 11 is 0. The van der Waals surface area contributed by atoms with Crippen molar-refractivity contribution in [2.24, 2.45) is 0 Å². The fourth-order valence-electron chi connectivity index (χ4n) is 3.01. The molecule has 2 aromatic rings. The van der Waals surface area contributed by atoms with Gasteiger partial charge in [0.25, 0.3) is 5.91 Å². The number of hydrogen-bond donors (Lipinski definition) is 0. The van der Waals surface area contributed by atoms with E-state index >= 15 is 0 Å². The highest BCUT2D eigenvalue weighted by atomic mass is 32.2. The lowest BCUT2D eigenvalue weighted by Crippen LogP contribution is -2.51. The number of rotatable bonds is 5. The van der Waals surface area contributed by atoms with Crippen LogP contribution in [-0.2, 0) is 14.8 Å². The van der Waals surface area contributed by atoms with Crippen molar-refractivity contribution in [3.63, 3.8) is 0 Å². The summed E-state index contributed by atoms with van der Waals surface area (Å²) in [6, 6.07) is 14.2. The van der Waals surface area contributed by atoms with E-state index in [1.807, 2.05) is 32.0 Å². The number of sulfonamides is 1. The SMILES string of the molecule is Cc1ccc(C)c(OCC(=O)N2CCN(S(=O)(=O)c3ccccc3)CC2)c1. The van der Waals surface area contributed by atoms with Crippen molar-refractivity contribution < 1.29 is 17.9 Å². The zero-order valence-electron chi connectivity index (χ0n) is 15.6. The number of carbonyl (C=O) groups is 1. The maximum Gasteiger partial charge on any atom is 0.260 e. The van der Waals surface area contributed by atoms with Gasteiger partial charge in [0.05, 0.1) is 4.90 Å². The molecule has 0 bridgehead atoms. The molecule has 0 saturated carbocycles. The van der Waals surface area contributed by atoms with Crippen LogP contribution < -0.4 is 4.74 Å². The summed E-state index contributed by atoms with van der Waals surface area (Å²) in [5.74, 6) is 0.571. The van der Waals surface area contributed by atoms with E-state index in [4.69, 9.17) is 4.74 Å². The maximum atomic E-state index is 12.6. The van der Waals surface area contributed by atoms with E-state index in [2.05, 4.69) is 0 Å². The van der Waals surface area contributed by atoms with Gasteiger partial charge in [-0.2, -0.15) is 4.31 Å². The lowest BCUT2D eigenvalue weighted by Gasteiger charge is -2.34. The van der Waals surface area contributed by atoms with Crippen molar-refractivity contribution in [2.45, 2.75) is 18.7 Å². The number of aryl methyl sites for hydroxylation is 2. The Morgan fingerprint density at radius 1 is 1.00 bits per heavy atom. The molecule has 7 heteroatoms. The highest BCUT2D eigenvalue weighted by Crippen LogP contribution is 2.20. The van der Waals surface area contributed by atoms with Crippen LogP contribution in [0.1, 0.15) is 11.1 Å². The van der Waals surface area contributed by atoms with Crippen LogP contribution in [0.15, 0.2) is 53.4 Å². The molecule has 0 radical (unpaired) electrons. The number of piperazine rings is 1. The van der Waals surface area contributed by atoms with Gasteiger partial charge in [-0.1, -0.05) is 30.3 Å². The predicted molar refractivity (Wildman–Crippen MR) is 103 cm³/mol. The van der Waals surface area contributed by atoms with Crippen LogP contribution in [0.5, 0.6) is 5.75 Å². The number of benzene rings is 2. The summed E-state index contributed by atoms with van der Waals surface area (Å²) < 4.78 is 32.4. The van der Waals surface area contributed by atoms with Crippen molar-refractivity contribution in [1.29, 1.82) is 0 Å². The topological polar surface area (TPSA) is 66.9 Å². The van der Waals surface area contributed by atoms with Crippen LogP contribution in [0, 0.1) is 13.8 Å². The molecule has 0 N–H and O–H groups in total. The van der Waals surface area contributed by atoms with Gasteiger partial charge in [-0.3, -0.25) is 4.79 Å². The van der Waals surface area contributed by atoms with Crippen LogP contribution in [0.4, 0.5) is 0 Å². The van der Waals surface area contributed by atoms with E-state index in [0.29, 0.717) is 18.8 Å². The highest BCUT2D eigenvalue weighted by molar-refractivity contribution is 7.89. The Hall–Kier alpha value is -2.38. The van der Waals surface area contributed by atoms with Crippen LogP contribution >= 0.6 is 0 Å². The number of hydrogen-bond acceptors (Lipinski definition) is 4. The summed E-state index contributed by atoms with van der Waals surface area (Å²) in [4.78, 5) is 14.4. The van der Waals surface area contributed by atoms with Crippen molar-refractivity contribution in [3.05, 3.63) is 59.7 Å². The second kappa shape index (κ2) is 8.10. The molecule has 144 valence electrons. The quantitative estimate of drug-likeness (QED) is 0.788. The van der Waals surface area contributed by atoms with Crippen molar-refractivity contribution >= 4 is 15.9 Å². The number of amides is 1. The van der Waals surface area contributed by atoms with E-state index in [1.54, 1.807) is 35.2 Å². The molecule has 1 amide bonds. The third kappa shape index (κ3) is 4.48. The Morgan fingerprint density at radius 2 is 1.67 bits per heavy atom. The van der Waals surface area contributed by atoms with Crippen LogP contribution in [-0.4, -0.2) is 56.3 Å². The molecule has 0 atom stereocenters. The number of carbonyl (C=O) groups excluding carboxylic acids is 1. The molecule has 1 saturated heterocycles. The lowest BCUT2D eigenvalue weighted by atomic mass is 10.1. The summed E-state index contributed by atoms with van der Waals surface area (Å²) in [5.41, 5.74) is 2.05. The normalized spacial score (nSPS) is 15.6. The molecular formula is C20H24N2O4S. The summed E-state index contributed by atoms with van der Waals surface area (Å²) in [6.45, 7) is 5.16. The van der Waals surface area contributed by atoms with Crippen molar-refractivity contribution in [1.82, 2.24) is 9.21 Å². The van der Waals surface area contributed by atoms with Gasteiger partial charge in [0.15, 0.2) is 6.61 Å². The zero-order chi connectivity index (χ0) is 19.4. The smallest absolute Gasteiger partial charge is 0.260 e. The van der Waals surface area contributed by atoms with E-state index in [1.165, 1.54) is 4.31 Å². The van der Waals surface area contributed by atoms with Gasteiger partial charge in [-0.15, -0.1) is 0 Å². The monoisotopic (exact) mass is 388 g/mol. The lowest BCUT2D eigenvalue weighted by molar-refractivity contribution is -0.134. The Morgan fingerprint density at radius 3 is 2.33 bits per heavy atom. The molecule has 6 nitrogen and oxygen atoms in total. The average Bonchev–Trinajstić information content (AvgIpc) is 2.69. The second-order valence-corrected chi connectivity index (χ2v) is 8.59. The average molecular weight is 388 g/mol. The fraction of sp³-hybridized carbons (Fsp3) is 0.350. The molecule has 0 spiro atoms. The zero-order valence-corrected chi connectivity index (χ0v) is 16.4. The molecule has 1 aliphatic heterocycles. The molecule has 1 fully saturated rings. The Kier molecular flexibility index (Phi) is 5.82. The van der Waals surface area contributed by atoms with Gasteiger partial charge < -0.3 is 9.64 Å². The Balaban J connectivity index is 1.56. The number of nitrogens with zero attached hydrogens (tertiary/aromatic N) is 2. The van der Waals surface area contributed by atoms with E-state index < -0.39 is 10.0 Å². The van der Waals surface area contributed by atoms with Crippen molar-refractivity contribution in [3.8, 4) is 5.75 Å². The minimum absolute atomic E-state index is 0.0459. The standard InChI is InChI=1S/C20H24N2O4S/c1-16-8-9-17(2)19(14-16)26-15-20(23)21-10-12-22(13-11-21)27(24,25)18-6-4-3-5-7-18/h3-9,14H,10-13,15H2,1-2H3. The molecule has 2 aromatic carbocycles. The first-order chi connectivity index (χ1) is 12.9. The van der Waals surface area contributed by atoms with Crippen LogP contribution in [0.3, 0.4) is 0 Å². The maximum absolute atomic E-state index is 12.6. The van der Waals surface area contributed by atoms with E-state index in [0.717, 1.165) is 11.1 Å². The summed E-state index contributed by atoms with van der Waals surface area (Å²) in [6.07, 6.45) is 0. The minimum atomic E-state index is -3.51. The van der Waals surface area contributed by atoms with Gasteiger partial charge in [0, 0.05) is 26.2 Å². The van der Waals surface area contributed by atoms with Crippen LogP contribution in [0.25, 0.3) is 0 Å². The third-order valence-corrected chi connectivity index (χ3v) is 6.58. The molecular weight excluding hydrogens is 364 g/mol. The van der Waals surface area contributed by atoms with E-state index in [9.17, 15) is 13.2 Å². The fourth-order valence-corrected chi connectivity index (χ4v) is 4.46. The first kappa shape index (κ1) is 19.4. The van der Waals surface area contributed by atoms with Gasteiger partial charge in [-0.05, 0) is 43.2 Å². The summed E-state index contributed by atoms with van der Waals surface area (Å²) in [7, 11) is -3.51. The summed E-state index contributed by atoms with van der Waals surface area (Å²) in [5, 5.41) is 0. The molecule has 1 heterocycles. The third-order valence-electron chi connectivity index (χ3n) is 4.67. The van der Waals surface area contributed by atoms with Gasteiger partial charge in [0.2, 0.25) is 10.0 Å². The number of ether oxygens (including phenoxy) is 1. The van der Waals surface area contributed by atoms with Crippen molar-refractivity contribution in [2.75, 3.05) is 32.8 Å². The molecule has 27 heavy (non-hydrogen) atoms. The molecule has 0 unspecified atom stereocenters.